The van der Waals surface area contributed by atoms with E-state index in [1.54, 1.807) is 13.2 Å². The number of amides is 2. The van der Waals surface area contributed by atoms with Crippen LogP contribution in [0, 0.1) is 6.92 Å². The largest absolute Gasteiger partial charge is 0.496 e. The van der Waals surface area contributed by atoms with Gasteiger partial charge in [-0.3, -0.25) is 9.59 Å². The van der Waals surface area contributed by atoms with Gasteiger partial charge in [0.25, 0.3) is 5.91 Å². The van der Waals surface area contributed by atoms with Crippen LogP contribution in [0.1, 0.15) is 27.2 Å². The van der Waals surface area contributed by atoms with Gasteiger partial charge in [-0.1, -0.05) is 23.8 Å². The van der Waals surface area contributed by atoms with Crippen LogP contribution in [0.5, 0.6) is 5.75 Å². The molecule has 0 bridgehead atoms. The molecule has 1 aromatic heterocycles. The van der Waals surface area contributed by atoms with Crippen LogP contribution in [-0.4, -0.2) is 32.0 Å². The molecule has 2 rings (SSSR count). The summed E-state index contributed by atoms with van der Waals surface area (Å²) >= 11 is 1.38. The quantitative estimate of drug-likeness (QED) is 0.772. The summed E-state index contributed by atoms with van der Waals surface area (Å²) in [5.74, 6) is 0.619. The van der Waals surface area contributed by atoms with Crippen molar-refractivity contribution in [2.75, 3.05) is 20.2 Å². The van der Waals surface area contributed by atoms with E-state index >= 15 is 0 Å². The van der Waals surface area contributed by atoms with Gasteiger partial charge in [0.15, 0.2) is 0 Å². The normalized spacial score (nSPS) is 10.2. The van der Waals surface area contributed by atoms with E-state index in [2.05, 4.69) is 16.7 Å². The molecule has 128 valence electrons. The Morgan fingerprint density at radius 2 is 2.00 bits per heavy atom. The maximum Gasteiger partial charge on any atom is 0.261 e. The first-order valence-corrected chi connectivity index (χ1v) is 8.70. The highest BCUT2D eigenvalue weighted by Gasteiger charge is 2.08. The van der Waals surface area contributed by atoms with Crippen LogP contribution in [-0.2, 0) is 11.2 Å². The number of carbonyl (C=O) groups excluding carboxylic acids is 2. The fourth-order valence-corrected chi connectivity index (χ4v) is 2.95. The molecule has 6 heteroatoms. The van der Waals surface area contributed by atoms with Crippen molar-refractivity contribution in [1.29, 1.82) is 0 Å². The van der Waals surface area contributed by atoms with Gasteiger partial charge in [-0.2, -0.15) is 0 Å². The zero-order chi connectivity index (χ0) is 17.4. The van der Waals surface area contributed by atoms with Crippen LogP contribution in [0.15, 0.2) is 35.7 Å². The molecule has 1 aromatic carbocycles. The van der Waals surface area contributed by atoms with E-state index in [-0.39, 0.29) is 18.2 Å². The lowest BCUT2D eigenvalue weighted by molar-refractivity contribution is -0.120. The zero-order valence-corrected chi connectivity index (χ0v) is 14.7. The van der Waals surface area contributed by atoms with E-state index in [0.29, 0.717) is 24.4 Å². The molecule has 2 amide bonds. The second-order valence-corrected chi connectivity index (χ2v) is 6.35. The molecule has 0 fully saturated rings. The van der Waals surface area contributed by atoms with Gasteiger partial charge in [-0.15, -0.1) is 11.3 Å². The van der Waals surface area contributed by atoms with Gasteiger partial charge in [-0.05, 0) is 36.4 Å². The number of hydrogen-bond acceptors (Lipinski definition) is 4. The third-order valence-corrected chi connectivity index (χ3v) is 4.40. The maximum atomic E-state index is 11.8. The Kier molecular flexibility index (Phi) is 6.81. The highest BCUT2D eigenvalue weighted by molar-refractivity contribution is 7.12. The van der Waals surface area contributed by atoms with Crippen LogP contribution in [0.2, 0.25) is 0 Å². The van der Waals surface area contributed by atoms with Crippen LogP contribution in [0.4, 0.5) is 0 Å². The molecular formula is C18H22N2O3S. The van der Waals surface area contributed by atoms with Crippen molar-refractivity contribution in [3.8, 4) is 5.75 Å². The summed E-state index contributed by atoms with van der Waals surface area (Å²) in [6.45, 7) is 2.89. The first-order valence-electron chi connectivity index (χ1n) is 7.82. The predicted octanol–water partition coefficient (Wildman–Crippen LogP) is 2.54. The van der Waals surface area contributed by atoms with Crippen LogP contribution in [0.3, 0.4) is 0 Å². The van der Waals surface area contributed by atoms with Crippen molar-refractivity contribution in [2.45, 2.75) is 19.8 Å². The van der Waals surface area contributed by atoms with Crippen molar-refractivity contribution in [1.82, 2.24) is 10.6 Å². The lowest BCUT2D eigenvalue weighted by Crippen LogP contribution is -2.31. The number of methoxy groups -OCH3 is 1. The van der Waals surface area contributed by atoms with E-state index in [1.165, 1.54) is 11.3 Å². The van der Waals surface area contributed by atoms with Gasteiger partial charge in [0.05, 0.1) is 12.0 Å². The lowest BCUT2D eigenvalue weighted by atomic mass is 10.1. The van der Waals surface area contributed by atoms with Crippen molar-refractivity contribution >= 4 is 23.2 Å². The summed E-state index contributed by atoms with van der Waals surface area (Å²) in [4.78, 5) is 24.2. The van der Waals surface area contributed by atoms with Gasteiger partial charge in [0.1, 0.15) is 5.75 Å². The van der Waals surface area contributed by atoms with Crippen LogP contribution < -0.4 is 15.4 Å². The molecule has 0 radical (unpaired) electrons. The monoisotopic (exact) mass is 346 g/mol. The Morgan fingerprint density at radius 1 is 1.17 bits per heavy atom. The second kappa shape index (κ2) is 9.08. The number of aryl methyl sites for hydroxylation is 1. The minimum atomic E-state index is -0.137. The average molecular weight is 346 g/mol. The summed E-state index contributed by atoms with van der Waals surface area (Å²) in [6.07, 6.45) is 0.972. The Hall–Kier alpha value is -2.34. The van der Waals surface area contributed by atoms with E-state index in [0.717, 1.165) is 16.9 Å². The predicted molar refractivity (Wildman–Crippen MR) is 95.7 cm³/mol. The molecule has 0 aliphatic carbocycles. The van der Waals surface area contributed by atoms with Gasteiger partial charge < -0.3 is 15.4 Å². The molecule has 0 saturated carbocycles. The molecule has 24 heavy (non-hydrogen) atoms. The Balaban J connectivity index is 1.68. The Labute approximate surface area is 146 Å². The highest BCUT2D eigenvalue weighted by Crippen LogP contribution is 2.19. The summed E-state index contributed by atoms with van der Waals surface area (Å²) in [6, 6.07) is 9.58. The molecule has 5 nitrogen and oxygen atoms in total. The minimum absolute atomic E-state index is 0.0758. The van der Waals surface area contributed by atoms with Crippen LogP contribution >= 0.6 is 11.3 Å². The van der Waals surface area contributed by atoms with E-state index in [1.807, 2.05) is 30.5 Å². The van der Waals surface area contributed by atoms with Crippen molar-refractivity contribution < 1.29 is 14.3 Å². The number of hydrogen-bond donors (Lipinski definition) is 2. The number of rotatable bonds is 8. The Morgan fingerprint density at radius 3 is 2.71 bits per heavy atom. The number of nitrogens with one attached hydrogen (secondary N) is 2. The first kappa shape index (κ1) is 18.0. The molecular weight excluding hydrogens is 324 g/mol. The maximum absolute atomic E-state index is 11.8. The minimum Gasteiger partial charge on any atom is -0.496 e. The number of benzene rings is 1. The molecule has 0 aliphatic heterocycles. The summed E-state index contributed by atoms with van der Waals surface area (Å²) < 4.78 is 5.33. The molecule has 0 saturated heterocycles. The number of ether oxygens (including phenoxy) is 1. The molecule has 0 unspecified atom stereocenters. The third kappa shape index (κ3) is 5.38. The van der Waals surface area contributed by atoms with Crippen LogP contribution in [0.25, 0.3) is 0 Å². The Bertz CT molecular complexity index is 684. The van der Waals surface area contributed by atoms with Crippen molar-refractivity contribution in [3.63, 3.8) is 0 Å². The summed E-state index contributed by atoms with van der Waals surface area (Å²) in [5.41, 5.74) is 2.23. The van der Waals surface area contributed by atoms with E-state index < -0.39 is 0 Å². The number of thiophene rings is 1. The molecule has 0 atom stereocenters. The SMILES string of the molecule is COc1ccc(C)cc1CCNC(=O)CCNC(=O)c1cccs1. The summed E-state index contributed by atoms with van der Waals surface area (Å²) in [5, 5.41) is 7.46. The van der Waals surface area contributed by atoms with Gasteiger partial charge in [0.2, 0.25) is 5.91 Å². The van der Waals surface area contributed by atoms with Crippen molar-refractivity contribution in [2.24, 2.45) is 0 Å². The van der Waals surface area contributed by atoms with E-state index in [9.17, 15) is 9.59 Å². The topological polar surface area (TPSA) is 67.4 Å². The van der Waals surface area contributed by atoms with E-state index in [4.69, 9.17) is 4.74 Å². The second-order valence-electron chi connectivity index (χ2n) is 5.40. The zero-order valence-electron chi connectivity index (χ0n) is 13.9. The van der Waals surface area contributed by atoms with Crippen molar-refractivity contribution in [3.05, 3.63) is 51.7 Å². The standard InChI is InChI=1S/C18H22N2O3S/c1-13-5-6-15(23-2)14(12-13)7-9-19-17(21)8-10-20-18(22)16-4-3-11-24-16/h3-6,11-12H,7-10H2,1-2H3,(H,19,21)(H,20,22). The molecule has 2 aromatic rings. The molecule has 0 aliphatic rings. The highest BCUT2D eigenvalue weighted by atomic mass is 32.1. The van der Waals surface area contributed by atoms with Gasteiger partial charge >= 0.3 is 0 Å². The smallest absolute Gasteiger partial charge is 0.261 e. The molecule has 0 spiro atoms. The first-order chi connectivity index (χ1) is 11.6. The van der Waals surface area contributed by atoms with Gasteiger partial charge in [-0.25, -0.2) is 0 Å². The molecule has 1 heterocycles. The lowest BCUT2D eigenvalue weighted by Gasteiger charge is -2.10. The number of carbonyl (C=O) groups is 2. The fourth-order valence-electron chi connectivity index (χ4n) is 2.31. The third-order valence-electron chi connectivity index (χ3n) is 3.53. The summed E-state index contributed by atoms with van der Waals surface area (Å²) in [7, 11) is 1.64. The van der Waals surface area contributed by atoms with Gasteiger partial charge in [0, 0.05) is 19.5 Å². The molecule has 2 N–H and O–H groups in total. The average Bonchev–Trinajstić information content (AvgIpc) is 3.09. The fraction of sp³-hybridized carbons (Fsp3) is 0.333.